The molecule has 0 spiro atoms. The number of nitrogens with zero attached hydrogens (tertiary/aromatic N) is 1. The van der Waals surface area contributed by atoms with Crippen LogP contribution in [0.2, 0.25) is 0 Å². The number of nitrogens with one attached hydrogen (secondary N) is 1. The van der Waals surface area contributed by atoms with Crippen LogP contribution in [0.1, 0.15) is 6.42 Å². The molecule has 0 aliphatic rings. The van der Waals surface area contributed by atoms with Gasteiger partial charge in [-0.3, -0.25) is 0 Å². The molecular weight excluding hydrogens is 325 g/mol. The number of benzene rings is 2. The van der Waals surface area contributed by atoms with Crippen molar-refractivity contribution in [2.75, 3.05) is 20.6 Å². The summed E-state index contributed by atoms with van der Waals surface area (Å²) in [6.45, 7) is 1.58. The topological polar surface area (TPSA) is 9.37 Å². The molecule has 124 valence electrons. The molecule has 3 rings (SSSR count). The monoisotopic (exact) mass is 342 g/mol. The summed E-state index contributed by atoms with van der Waals surface area (Å²) in [7, 11) is 4.11. The first-order chi connectivity index (χ1) is 10.5. The maximum Gasteiger partial charge on any atom is 0.136 e. The van der Waals surface area contributed by atoms with Crippen LogP contribution in [0.3, 0.4) is 0 Å². The predicted octanol–water partition coefficient (Wildman–Crippen LogP) is -0.250. The van der Waals surface area contributed by atoms with E-state index < -0.39 is 17.5 Å². The van der Waals surface area contributed by atoms with Crippen molar-refractivity contribution in [1.82, 2.24) is 4.57 Å². The summed E-state index contributed by atoms with van der Waals surface area (Å²) in [4.78, 5) is 1.31. The molecule has 0 unspecified atom stereocenters. The lowest BCUT2D eigenvalue weighted by atomic mass is 10.1. The van der Waals surface area contributed by atoms with Crippen molar-refractivity contribution in [2.45, 2.75) is 13.0 Å². The number of hydrogen-bond donors (Lipinski definition) is 1. The standard InChI is InChI=1S/C17H17F3N2.ClH/c1-21(2)6-3-7-22-15-5-4-11(18)8-13(15)17-14(20)9-12(19)10-16(17)22;/h4-5,8-10H,3,6-7H2,1-2H3;1H. The fraction of sp³-hybridized carbons (Fsp3) is 0.294. The van der Waals surface area contributed by atoms with Crippen LogP contribution in [-0.2, 0) is 6.54 Å². The van der Waals surface area contributed by atoms with Crippen molar-refractivity contribution in [2.24, 2.45) is 0 Å². The van der Waals surface area contributed by atoms with Crippen molar-refractivity contribution < 1.29 is 30.5 Å². The third-order valence-electron chi connectivity index (χ3n) is 3.90. The lowest BCUT2D eigenvalue weighted by molar-refractivity contribution is -0.858. The highest BCUT2D eigenvalue weighted by molar-refractivity contribution is 6.08. The number of fused-ring (bicyclic) bond motifs is 3. The largest absolute Gasteiger partial charge is 1.00 e. The van der Waals surface area contributed by atoms with Crippen LogP contribution in [0.15, 0.2) is 30.3 Å². The van der Waals surface area contributed by atoms with Gasteiger partial charge in [0.05, 0.1) is 26.2 Å². The molecule has 23 heavy (non-hydrogen) atoms. The Balaban J connectivity index is 0.00000192. The average molecular weight is 343 g/mol. The fourth-order valence-electron chi connectivity index (χ4n) is 2.94. The van der Waals surface area contributed by atoms with Crippen LogP contribution in [0, 0.1) is 17.5 Å². The Hall–Kier alpha value is -1.72. The molecule has 6 heteroatoms. The highest BCUT2D eigenvalue weighted by Gasteiger charge is 2.16. The van der Waals surface area contributed by atoms with Crippen LogP contribution in [0.5, 0.6) is 0 Å². The van der Waals surface area contributed by atoms with E-state index in [-0.39, 0.29) is 17.8 Å². The third kappa shape index (κ3) is 3.31. The Morgan fingerprint density at radius 1 is 0.957 bits per heavy atom. The minimum Gasteiger partial charge on any atom is -1.00 e. The molecule has 1 heterocycles. The summed E-state index contributed by atoms with van der Waals surface area (Å²) in [5, 5.41) is 0.776. The summed E-state index contributed by atoms with van der Waals surface area (Å²) in [6.07, 6.45) is 0.872. The molecule has 0 aliphatic carbocycles. The van der Waals surface area contributed by atoms with E-state index in [0.29, 0.717) is 17.4 Å². The van der Waals surface area contributed by atoms with Crippen LogP contribution in [-0.4, -0.2) is 25.2 Å². The van der Waals surface area contributed by atoms with E-state index in [9.17, 15) is 13.2 Å². The molecular formula is C17H18ClF3N2. The molecule has 2 nitrogen and oxygen atoms in total. The first kappa shape index (κ1) is 17.6. The maximum absolute atomic E-state index is 14.2. The quantitative estimate of drug-likeness (QED) is 0.670. The number of quaternary nitrogens is 1. The van der Waals surface area contributed by atoms with Gasteiger partial charge >= 0.3 is 0 Å². The second kappa shape index (κ2) is 6.81. The Kier molecular flexibility index (Phi) is 5.22. The number of rotatable bonds is 4. The summed E-state index contributed by atoms with van der Waals surface area (Å²) < 4.78 is 43.2. The van der Waals surface area contributed by atoms with Gasteiger partial charge in [0.1, 0.15) is 17.5 Å². The molecule has 0 aliphatic heterocycles. The van der Waals surface area contributed by atoms with Gasteiger partial charge in [0.25, 0.3) is 0 Å². The van der Waals surface area contributed by atoms with Gasteiger partial charge in [0, 0.05) is 35.3 Å². The molecule has 0 radical (unpaired) electrons. The molecule has 0 saturated heterocycles. The molecule has 0 atom stereocenters. The van der Waals surface area contributed by atoms with Crippen molar-refractivity contribution in [3.8, 4) is 0 Å². The minimum absolute atomic E-state index is 0. The molecule has 0 saturated carbocycles. The van der Waals surface area contributed by atoms with Gasteiger partial charge in [-0.15, -0.1) is 0 Å². The van der Waals surface area contributed by atoms with Crippen molar-refractivity contribution in [1.29, 1.82) is 0 Å². The third-order valence-corrected chi connectivity index (χ3v) is 3.90. The van der Waals surface area contributed by atoms with Crippen LogP contribution < -0.4 is 17.3 Å². The summed E-state index contributed by atoms with van der Waals surface area (Å²) in [5.74, 6) is -1.69. The Morgan fingerprint density at radius 3 is 2.39 bits per heavy atom. The number of aromatic nitrogens is 1. The zero-order valence-corrected chi connectivity index (χ0v) is 13.7. The van der Waals surface area contributed by atoms with Gasteiger partial charge in [-0.25, -0.2) is 13.2 Å². The highest BCUT2D eigenvalue weighted by atomic mass is 35.5. The number of halogens is 4. The maximum atomic E-state index is 14.2. The predicted molar refractivity (Wildman–Crippen MR) is 81.6 cm³/mol. The molecule has 0 amide bonds. The van der Waals surface area contributed by atoms with Gasteiger partial charge < -0.3 is 21.9 Å². The second-order valence-corrected chi connectivity index (χ2v) is 5.91. The molecule has 0 bridgehead atoms. The number of aryl methyl sites for hydroxylation is 1. The summed E-state index contributed by atoms with van der Waals surface area (Å²) >= 11 is 0. The van der Waals surface area contributed by atoms with E-state index in [1.807, 2.05) is 4.57 Å². The second-order valence-electron chi connectivity index (χ2n) is 5.91. The van der Waals surface area contributed by atoms with E-state index >= 15 is 0 Å². The average Bonchev–Trinajstić information content (AvgIpc) is 2.72. The molecule has 3 aromatic rings. The Morgan fingerprint density at radius 2 is 1.70 bits per heavy atom. The molecule has 2 aromatic carbocycles. The van der Waals surface area contributed by atoms with E-state index in [1.165, 1.54) is 23.1 Å². The van der Waals surface area contributed by atoms with Crippen molar-refractivity contribution >= 4 is 21.8 Å². The van der Waals surface area contributed by atoms with Gasteiger partial charge in [0.2, 0.25) is 0 Å². The Labute approximate surface area is 138 Å². The van der Waals surface area contributed by atoms with Crippen LogP contribution in [0.25, 0.3) is 21.8 Å². The van der Waals surface area contributed by atoms with E-state index in [2.05, 4.69) is 14.1 Å². The van der Waals surface area contributed by atoms with Crippen molar-refractivity contribution in [3.05, 3.63) is 47.8 Å². The number of hydrogen-bond acceptors (Lipinski definition) is 0. The molecule has 1 aromatic heterocycles. The highest BCUT2D eigenvalue weighted by Crippen LogP contribution is 2.32. The molecule has 1 N–H and O–H groups in total. The van der Waals surface area contributed by atoms with E-state index in [4.69, 9.17) is 0 Å². The first-order valence-corrected chi connectivity index (χ1v) is 7.33. The zero-order chi connectivity index (χ0) is 15.9. The van der Waals surface area contributed by atoms with Crippen molar-refractivity contribution in [3.63, 3.8) is 0 Å². The van der Waals surface area contributed by atoms with E-state index in [0.717, 1.165) is 24.5 Å². The lowest BCUT2D eigenvalue weighted by Crippen LogP contribution is -3.05. The first-order valence-electron chi connectivity index (χ1n) is 7.33. The summed E-state index contributed by atoms with van der Waals surface area (Å²) in [6, 6.07) is 6.46. The molecule has 0 fully saturated rings. The smallest absolute Gasteiger partial charge is 0.136 e. The van der Waals surface area contributed by atoms with Gasteiger partial charge in [-0.05, 0) is 24.3 Å². The lowest BCUT2D eigenvalue weighted by Gasteiger charge is -2.10. The van der Waals surface area contributed by atoms with E-state index in [1.54, 1.807) is 6.07 Å². The van der Waals surface area contributed by atoms with Gasteiger partial charge in [-0.1, -0.05) is 0 Å². The SMILES string of the molecule is C[NH+](C)CCCn1c2ccc(F)cc2c2c(F)cc(F)cc21.[Cl-]. The Bertz CT molecular complexity index is 843. The van der Waals surface area contributed by atoms with Gasteiger partial charge in [-0.2, -0.15) is 0 Å². The normalized spacial score (nSPS) is 11.4. The van der Waals surface area contributed by atoms with Gasteiger partial charge in [0.15, 0.2) is 0 Å². The van der Waals surface area contributed by atoms with Crippen LogP contribution in [0.4, 0.5) is 13.2 Å². The van der Waals surface area contributed by atoms with Crippen LogP contribution >= 0.6 is 0 Å². The zero-order valence-electron chi connectivity index (χ0n) is 13.0. The fourth-order valence-corrected chi connectivity index (χ4v) is 2.94. The summed E-state index contributed by atoms with van der Waals surface area (Å²) in [5.41, 5.74) is 1.21. The minimum atomic E-state index is -0.650.